The Balaban J connectivity index is 1.16. The van der Waals surface area contributed by atoms with Crippen molar-refractivity contribution >= 4 is 17.5 Å². The number of piperidine rings is 1. The van der Waals surface area contributed by atoms with Crippen LogP contribution in [0.5, 0.6) is 0 Å². The molecule has 31 heavy (non-hydrogen) atoms. The van der Waals surface area contributed by atoms with E-state index in [1.807, 2.05) is 53.6 Å². The van der Waals surface area contributed by atoms with E-state index in [9.17, 15) is 9.59 Å². The minimum absolute atomic E-state index is 0.0283. The Labute approximate surface area is 184 Å². The van der Waals surface area contributed by atoms with E-state index in [0.29, 0.717) is 19.6 Å². The molecule has 2 aliphatic heterocycles. The number of para-hydroxylation sites is 1. The predicted molar refractivity (Wildman–Crippen MR) is 120 cm³/mol. The molecule has 1 aromatic carbocycles. The second-order valence-corrected chi connectivity index (χ2v) is 8.38. The van der Waals surface area contributed by atoms with Gasteiger partial charge in [0.15, 0.2) is 0 Å². The van der Waals surface area contributed by atoms with Crippen molar-refractivity contribution < 1.29 is 9.59 Å². The highest BCUT2D eigenvalue weighted by Gasteiger charge is 2.28. The normalized spacial score (nSPS) is 18.6. The van der Waals surface area contributed by atoms with Gasteiger partial charge in [-0.3, -0.25) is 24.4 Å². The lowest BCUT2D eigenvalue weighted by Gasteiger charge is -2.36. The number of aromatic nitrogens is 1. The molecule has 7 heteroatoms. The van der Waals surface area contributed by atoms with Gasteiger partial charge in [0.25, 0.3) is 0 Å². The first-order chi connectivity index (χ1) is 15.2. The molecular weight excluding hydrogens is 390 g/mol. The molecule has 0 bridgehead atoms. The third-order valence-corrected chi connectivity index (χ3v) is 6.20. The third-order valence-electron chi connectivity index (χ3n) is 6.20. The number of nitrogens with zero attached hydrogens (tertiary/aromatic N) is 4. The maximum atomic E-state index is 12.8. The molecule has 0 atom stereocenters. The summed E-state index contributed by atoms with van der Waals surface area (Å²) in [7, 11) is 0. The topological polar surface area (TPSA) is 68.8 Å². The number of carbonyl (C=O) groups excluding carboxylic acids is 2. The Hall–Kier alpha value is -2.77. The van der Waals surface area contributed by atoms with Crippen LogP contribution in [0, 0.1) is 5.92 Å². The van der Waals surface area contributed by atoms with E-state index in [-0.39, 0.29) is 17.7 Å². The molecule has 0 saturated carbocycles. The second kappa shape index (κ2) is 10.5. The largest absolute Gasteiger partial charge is 0.342 e. The van der Waals surface area contributed by atoms with Crippen LogP contribution >= 0.6 is 0 Å². The first-order valence-corrected chi connectivity index (χ1v) is 11.2. The van der Waals surface area contributed by atoms with Crippen molar-refractivity contribution in [3.8, 4) is 0 Å². The fourth-order valence-corrected chi connectivity index (χ4v) is 4.27. The van der Waals surface area contributed by atoms with Crippen molar-refractivity contribution in [2.75, 3.05) is 51.1 Å². The molecule has 2 aromatic rings. The van der Waals surface area contributed by atoms with Crippen molar-refractivity contribution in [2.45, 2.75) is 19.4 Å². The van der Waals surface area contributed by atoms with Crippen LogP contribution in [0.25, 0.3) is 0 Å². The summed E-state index contributed by atoms with van der Waals surface area (Å²) in [6.45, 7) is 6.34. The lowest BCUT2D eigenvalue weighted by atomic mass is 9.95. The summed E-state index contributed by atoms with van der Waals surface area (Å²) in [6, 6.07) is 15.6. The summed E-state index contributed by atoms with van der Waals surface area (Å²) in [5.74, 6) is 0.210. The van der Waals surface area contributed by atoms with Crippen LogP contribution in [0.2, 0.25) is 0 Å². The number of carbonyl (C=O) groups is 2. The van der Waals surface area contributed by atoms with Crippen LogP contribution in [-0.4, -0.2) is 77.3 Å². The van der Waals surface area contributed by atoms with Crippen molar-refractivity contribution in [3.63, 3.8) is 0 Å². The van der Waals surface area contributed by atoms with E-state index in [4.69, 9.17) is 0 Å². The number of nitrogens with one attached hydrogen (secondary N) is 1. The molecule has 3 heterocycles. The molecule has 2 saturated heterocycles. The lowest BCUT2D eigenvalue weighted by Crippen LogP contribution is -2.51. The van der Waals surface area contributed by atoms with Crippen molar-refractivity contribution in [1.82, 2.24) is 19.7 Å². The first-order valence-electron chi connectivity index (χ1n) is 11.2. The van der Waals surface area contributed by atoms with Gasteiger partial charge in [0.1, 0.15) is 0 Å². The van der Waals surface area contributed by atoms with Gasteiger partial charge in [0, 0.05) is 63.6 Å². The quantitative estimate of drug-likeness (QED) is 0.774. The maximum absolute atomic E-state index is 12.8. The zero-order valence-corrected chi connectivity index (χ0v) is 17.9. The number of benzene rings is 1. The zero-order chi connectivity index (χ0) is 21.5. The Kier molecular flexibility index (Phi) is 7.27. The van der Waals surface area contributed by atoms with E-state index < -0.39 is 0 Å². The molecule has 0 unspecified atom stereocenters. The summed E-state index contributed by atoms with van der Waals surface area (Å²) >= 11 is 0. The van der Waals surface area contributed by atoms with Crippen LogP contribution in [0.15, 0.2) is 54.7 Å². The van der Waals surface area contributed by atoms with Gasteiger partial charge in [-0.05, 0) is 37.1 Å². The lowest BCUT2D eigenvalue weighted by molar-refractivity contribution is -0.136. The standard InChI is InChI=1S/C24H31N5O2/c30-23(19-28-16-14-27(15-17-28)18-22-8-4-5-11-25-22)29-12-9-20(10-13-29)24(31)26-21-6-2-1-3-7-21/h1-8,11,20H,9-10,12-19H2,(H,26,31). The van der Waals surface area contributed by atoms with E-state index >= 15 is 0 Å². The molecule has 0 radical (unpaired) electrons. The highest BCUT2D eigenvalue weighted by molar-refractivity contribution is 5.92. The Morgan fingerprint density at radius 3 is 2.23 bits per heavy atom. The molecule has 0 aliphatic carbocycles. The SMILES string of the molecule is O=C(Nc1ccccc1)C1CCN(C(=O)CN2CCN(Cc3ccccn3)CC2)CC1. The van der Waals surface area contributed by atoms with Crippen LogP contribution in [0.4, 0.5) is 5.69 Å². The van der Waals surface area contributed by atoms with E-state index in [2.05, 4.69) is 26.2 Å². The third kappa shape index (κ3) is 6.12. The average Bonchev–Trinajstić information content (AvgIpc) is 2.82. The Bertz CT molecular complexity index is 845. The number of amides is 2. The van der Waals surface area contributed by atoms with Gasteiger partial charge < -0.3 is 10.2 Å². The highest BCUT2D eigenvalue weighted by atomic mass is 16.2. The molecule has 4 rings (SSSR count). The highest BCUT2D eigenvalue weighted by Crippen LogP contribution is 2.20. The van der Waals surface area contributed by atoms with E-state index in [0.717, 1.165) is 56.9 Å². The fraction of sp³-hybridized carbons (Fsp3) is 0.458. The van der Waals surface area contributed by atoms with E-state index in [1.165, 1.54) is 0 Å². The predicted octanol–water partition coefficient (Wildman–Crippen LogP) is 2.08. The minimum atomic E-state index is -0.0283. The van der Waals surface area contributed by atoms with Crippen LogP contribution in [0.3, 0.4) is 0 Å². The van der Waals surface area contributed by atoms with E-state index in [1.54, 1.807) is 0 Å². The number of hydrogen-bond acceptors (Lipinski definition) is 5. The zero-order valence-electron chi connectivity index (χ0n) is 17.9. The molecule has 0 spiro atoms. The molecule has 2 amide bonds. The number of hydrogen-bond donors (Lipinski definition) is 1. The Morgan fingerprint density at radius 1 is 0.871 bits per heavy atom. The molecule has 7 nitrogen and oxygen atoms in total. The van der Waals surface area contributed by atoms with Gasteiger partial charge in [-0.15, -0.1) is 0 Å². The van der Waals surface area contributed by atoms with Crippen molar-refractivity contribution in [2.24, 2.45) is 5.92 Å². The molecule has 1 aromatic heterocycles. The number of pyridine rings is 1. The Morgan fingerprint density at radius 2 is 1.55 bits per heavy atom. The van der Waals surface area contributed by atoms with Crippen LogP contribution in [0.1, 0.15) is 18.5 Å². The summed E-state index contributed by atoms with van der Waals surface area (Å²) < 4.78 is 0. The monoisotopic (exact) mass is 421 g/mol. The average molecular weight is 422 g/mol. The molecular formula is C24H31N5O2. The van der Waals surface area contributed by atoms with Crippen LogP contribution < -0.4 is 5.32 Å². The van der Waals surface area contributed by atoms with Gasteiger partial charge >= 0.3 is 0 Å². The number of likely N-dealkylation sites (tertiary alicyclic amines) is 1. The van der Waals surface area contributed by atoms with Crippen molar-refractivity contribution in [3.05, 3.63) is 60.4 Å². The summed E-state index contributed by atoms with van der Waals surface area (Å²) in [4.78, 5) is 36.2. The molecule has 164 valence electrons. The van der Waals surface area contributed by atoms with Crippen LogP contribution in [-0.2, 0) is 16.1 Å². The van der Waals surface area contributed by atoms with Crippen molar-refractivity contribution in [1.29, 1.82) is 0 Å². The molecule has 1 N–H and O–H groups in total. The smallest absolute Gasteiger partial charge is 0.236 e. The van der Waals surface area contributed by atoms with Gasteiger partial charge in [0.2, 0.25) is 11.8 Å². The molecule has 2 fully saturated rings. The summed E-state index contributed by atoms with van der Waals surface area (Å²) in [5, 5.41) is 2.98. The maximum Gasteiger partial charge on any atom is 0.236 e. The van der Waals surface area contributed by atoms with Gasteiger partial charge in [-0.25, -0.2) is 0 Å². The minimum Gasteiger partial charge on any atom is -0.342 e. The summed E-state index contributed by atoms with van der Waals surface area (Å²) in [6.07, 6.45) is 3.28. The molecule has 2 aliphatic rings. The fourth-order valence-electron chi connectivity index (χ4n) is 4.27. The van der Waals surface area contributed by atoms with Gasteiger partial charge in [-0.2, -0.15) is 0 Å². The summed E-state index contributed by atoms with van der Waals surface area (Å²) in [5.41, 5.74) is 1.92. The first kappa shape index (κ1) is 21.5. The number of piperazine rings is 1. The second-order valence-electron chi connectivity index (χ2n) is 8.38. The van der Waals surface area contributed by atoms with Gasteiger partial charge in [-0.1, -0.05) is 24.3 Å². The number of rotatable bonds is 6. The van der Waals surface area contributed by atoms with Gasteiger partial charge in [0.05, 0.1) is 12.2 Å². The number of anilines is 1.